The summed E-state index contributed by atoms with van der Waals surface area (Å²) in [6.45, 7) is 4.09. The van der Waals surface area contributed by atoms with Gasteiger partial charge in [-0.3, -0.25) is 4.79 Å². The van der Waals surface area contributed by atoms with E-state index in [-0.39, 0.29) is 0 Å². The summed E-state index contributed by atoms with van der Waals surface area (Å²) < 4.78 is 12.2. The molecule has 116 valence electrons. The van der Waals surface area contributed by atoms with Crippen molar-refractivity contribution in [2.75, 3.05) is 13.7 Å². The van der Waals surface area contributed by atoms with Crippen LogP contribution in [-0.2, 0) is 11.2 Å². The quantitative estimate of drug-likeness (QED) is 0.804. The van der Waals surface area contributed by atoms with Crippen LogP contribution in [0.1, 0.15) is 32.3 Å². The smallest absolute Gasteiger partial charge is 0.309 e. The number of aliphatic carboxylic acids is 1. The van der Waals surface area contributed by atoms with Crippen LogP contribution in [0.5, 0.6) is 11.5 Å². The van der Waals surface area contributed by atoms with Crippen LogP contribution in [0.4, 0.5) is 0 Å². The predicted octanol–water partition coefficient (Wildman–Crippen LogP) is 3.90. The van der Waals surface area contributed by atoms with Crippen molar-refractivity contribution in [3.05, 3.63) is 22.2 Å². The number of benzene rings is 1. The van der Waals surface area contributed by atoms with Gasteiger partial charge in [0, 0.05) is 10.0 Å². The summed E-state index contributed by atoms with van der Waals surface area (Å²) in [7, 11) is 1.60. The van der Waals surface area contributed by atoms with E-state index < -0.39 is 11.4 Å². The zero-order valence-electron chi connectivity index (χ0n) is 12.6. The summed E-state index contributed by atoms with van der Waals surface area (Å²) in [6, 6.07) is 3.71. The van der Waals surface area contributed by atoms with Crippen LogP contribution in [0.15, 0.2) is 16.6 Å². The van der Waals surface area contributed by atoms with Crippen LogP contribution >= 0.6 is 15.9 Å². The number of ether oxygens (including phenoxy) is 2. The number of rotatable bonds is 7. The van der Waals surface area contributed by atoms with Crippen LogP contribution < -0.4 is 9.47 Å². The third kappa shape index (κ3) is 3.90. The highest BCUT2D eigenvalue weighted by Gasteiger charge is 2.31. The molecule has 0 radical (unpaired) electrons. The molecule has 4 nitrogen and oxygen atoms in total. The van der Waals surface area contributed by atoms with Crippen molar-refractivity contribution in [1.29, 1.82) is 0 Å². The lowest BCUT2D eigenvalue weighted by molar-refractivity contribution is -0.146. The van der Waals surface area contributed by atoms with Gasteiger partial charge in [-0.15, -0.1) is 0 Å². The molecule has 0 unspecified atom stereocenters. The number of hydrogen-bond acceptors (Lipinski definition) is 3. The van der Waals surface area contributed by atoms with Crippen LogP contribution in [0.25, 0.3) is 0 Å². The molecule has 0 heterocycles. The average molecular weight is 357 g/mol. The lowest BCUT2D eigenvalue weighted by Gasteiger charge is -2.23. The van der Waals surface area contributed by atoms with E-state index in [1.54, 1.807) is 21.0 Å². The number of halogens is 1. The fourth-order valence-electron chi connectivity index (χ4n) is 2.07. The molecule has 0 atom stereocenters. The fourth-order valence-corrected chi connectivity index (χ4v) is 2.52. The zero-order chi connectivity index (χ0) is 15.6. The van der Waals surface area contributed by atoms with Gasteiger partial charge in [0.2, 0.25) is 0 Å². The molecule has 21 heavy (non-hydrogen) atoms. The molecule has 1 fully saturated rings. The molecule has 1 aliphatic rings. The van der Waals surface area contributed by atoms with Crippen molar-refractivity contribution in [2.24, 2.45) is 11.3 Å². The van der Waals surface area contributed by atoms with Gasteiger partial charge in [0.05, 0.1) is 19.1 Å². The van der Waals surface area contributed by atoms with Gasteiger partial charge in [-0.2, -0.15) is 0 Å². The van der Waals surface area contributed by atoms with Crippen LogP contribution in [0, 0.1) is 11.3 Å². The van der Waals surface area contributed by atoms with E-state index in [1.165, 1.54) is 12.8 Å². The Hall–Kier alpha value is -1.23. The number of methoxy groups -OCH3 is 1. The molecule has 5 heteroatoms. The van der Waals surface area contributed by atoms with Gasteiger partial charge in [-0.05, 0) is 51.2 Å². The highest BCUT2D eigenvalue weighted by atomic mass is 79.9. The minimum atomic E-state index is -0.868. The topological polar surface area (TPSA) is 55.8 Å². The Morgan fingerprint density at radius 1 is 1.43 bits per heavy atom. The van der Waals surface area contributed by atoms with Crippen molar-refractivity contribution < 1.29 is 19.4 Å². The van der Waals surface area contributed by atoms with E-state index in [0.717, 1.165) is 10.0 Å². The van der Waals surface area contributed by atoms with E-state index in [0.29, 0.717) is 30.4 Å². The Kier molecular flexibility index (Phi) is 4.81. The van der Waals surface area contributed by atoms with Crippen LogP contribution in [0.2, 0.25) is 0 Å². The van der Waals surface area contributed by atoms with Gasteiger partial charge in [0.1, 0.15) is 0 Å². The largest absolute Gasteiger partial charge is 0.493 e. The number of hydrogen-bond donors (Lipinski definition) is 1. The lowest BCUT2D eigenvalue weighted by atomic mass is 9.85. The first-order chi connectivity index (χ1) is 9.85. The first kappa shape index (κ1) is 16.1. The predicted molar refractivity (Wildman–Crippen MR) is 84.0 cm³/mol. The maximum absolute atomic E-state index is 11.4. The van der Waals surface area contributed by atoms with Gasteiger partial charge < -0.3 is 14.6 Å². The van der Waals surface area contributed by atoms with Crippen molar-refractivity contribution in [3.63, 3.8) is 0 Å². The summed E-state index contributed by atoms with van der Waals surface area (Å²) in [5, 5.41) is 9.35. The SMILES string of the molecule is COc1ccc(Br)c(CC(C)(C)C(=O)O)c1OCC1CC1. The van der Waals surface area contributed by atoms with E-state index in [9.17, 15) is 9.90 Å². The normalized spacial score (nSPS) is 14.9. The molecule has 0 aromatic heterocycles. The zero-order valence-corrected chi connectivity index (χ0v) is 14.2. The molecule has 0 amide bonds. The van der Waals surface area contributed by atoms with Crippen molar-refractivity contribution >= 4 is 21.9 Å². The molecule has 0 spiro atoms. The lowest BCUT2D eigenvalue weighted by Crippen LogP contribution is -2.26. The third-order valence-electron chi connectivity index (χ3n) is 3.75. The Morgan fingerprint density at radius 2 is 2.10 bits per heavy atom. The Labute approximate surface area is 133 Å². The molecule has 1 N–H and O–H groups in total. The maximum Gasteiger partial charge on any atom is 0.309 e. The molecular weight excluding hydrogens is 336 g/mol. The molecule has 0 saturated heterocycles. The van der Waals surface area contributed by atoms with Crippen molar-refractivity contribution in [3.8, 4) is 11.5 Å². The molecule has 0 bridgehead atoms. The highest BCUT2D eigenvalue weighted by molar-refractivity contribution is 9.10. The molecule has 0 aliphatic heterocycles. The third-order valence-corrected chi connectivity index (χ3v) is 4.49. The van der Waals surface area contributed by atoms with E-state index >= 15 is 0 Å². The monoisotopic (exact) mass is 356 g/mol. The highest BCUT2D eigenvalue weighted by Crippen LogP contribution is 2.41. The average Bonchev–Trinajstić information content (AvgIpc) is 3.23. The van der Waals surface area contributed by atoms with E-state index in [4.69, 9.17) is 9.47 Å². The van der Waals surface area contributed by atoms with Gasteiger partial charge in [-0.25, -0.2) is 0 Å². The molecule has 1 aromatic carbocycles. The summed E-state index contributed by atoms with van der Waals surface area (Å²) in [4.78, 5) is 11.4. The summed E-state index contributed by atoms with van der Waals surface area (Å²) in [5.41, 5.74) is -0.0190. The van der Waals surface area contributed by atoms with Crippen molar-refractivity contribution in [2.45, 2.75) is 33.1 Å². The minimum absolute atomic E-state index is 0.375. The Morgan fingerprint density at radius 3 is 2.62 bits per heavy atom. The second-order valence-corrected chi connectivity index (χ2v) is 7.03. The van der Waals surface area contributed by atoms with E-state index in [1.807, 2.05) is 12.1 Å². The molecule has 1 aliphatic carbocycles. The summed E-state index contributed by atoms with van der Waals surface area (Å²) in [5.74, 6) is 1.10. The molecule has 2 rings (SSSR count). The van der Waals surface area contributed by atoms with Crippen molar-refractivity contribution in [1.82, 2.24) is 0 Å². The molecule has 1 aromatic rings. The van der Waals surface area contributed by atoms with Gasteiger partial charge >= 0.3 is 5.97 Å². The van der Waals surface area contributed by atoms with Gasteiger partial charge in [0.15, 0.2) is 11.5 Å². The van der Waals surface area contributed by atoms with E-state index in [2.05, 4.69) is 15.9 Å². The van der Waals surface area contributed by atoms with Gasteiger partial charge in [-0.1, -0.05) is 15.9 Å². The first-order valence-corrected chi connectivity index (χ1v) is 7.86. The summed E-state index contributed by atoms with van der Waals surface area (Å²) >= 11 is 3.51. The summed E-state index contributed by atoms with van der Waals surface area (Å²) in [6.07, 6.45) is 2.78. The minimum Gasteiger partial charge on any atom is -0.493 e. The number of carbonyl (C=O) groups is 1. The molecule has 1 saturated carbocycles. The second-order valence-electron chi connectivity index (χ2n) is 6.18. The standard InChI is InChI=1S/C16H21BrO4/c1-16(2,15(18)19)8-11-12(17)6-7-13(20-3)14(11)21-9-10-4-5-10/h6-7,10H,4-5,8-9H2,1-3H3,(H,18,19). The first-order valence-electron chi connectivity index (χ1n) is 7.06. The maximum atomic E-state index is 11.4. The van der Waals surface area contributed by atoms with Crippen LogP contribution in [0.3, 0.4) is 0 Å². The van der Waals surface area contributed by atoms with Crippen LogP contribution in [-0.4, -0.2) is 24.8 Å². The fraction of sp³-hybridized carbons (Fsp3) is 0.562. The number of carboxylic acid groups (broad SMARTS) is 1. The van der Waals surface area contributed by atoms with Gasteiger partial charge in [0.25, 0.3) is 0 Å². The number of carboxylic acids is 1. The Bertz CT molecular complexity index is 535. The second kappa shape index (κ2) is 6.26. The Balaban J connectivity index is 2.33. The molecular formula is C16H21BrO4.